The lowest BCUT2D eigenvalue weighted by molar-refractivity contribution is -0.910. The van der Waals surface area contributed by atoms with Crippen LogP contribution < -0.4 is 19.8 Å². The third-order valence-electron chi connectivity index (χ3n) is 5.14. The second-order valence-electron chi connectivity index (χ2n) is 6.62. The Balaban J connectivity index is 2.15. The molecule has 3 aromatic rings. The summed E-state index contributed by atoms with van der Waals surface area (Å²) < 4.78 is 16.5. The first-order chi connectivity index (χ1) is 13.5. The molecule has 0 spiro atoms. The highest BCUT2D eigenvalue weighted by Crippen LogP contribution is 2.33. The van der Waals surface area contributed by atoms with Gasteiger partial charge < -0.3 is 23.9 Å². The van der Waals surface area contributed by atoms with Gasteiger partial charge in [-0.3, -0.25) is 4.79 Å². The first-order valence-corrected chi connectivity index (χ1v) is 9.36. The molecule has 0 atom stereocenters. The maximum Gasteiger partial charge on any atom is 0.200 e. The quantitative estimate of drug-likeness (QED) is 0.655. The normalized spacial score (nSPS) is 11.2. The lowest BCUT2D eigenvalue weighted by atomic mass is 10.0. The van der Waals surface area contributed by atoms with Crippen molar-refractivity contribution in [3.8, 4) is 28.4 Å². The molecule has 0 aliphatic heterocycles. The standard InChI is InChI=1S/C22H25NO5/c1-5-23(6-2)12-16-18(24)9-8-15-21(25)17(13-28-22(15)16)14-7-10-19(26-3)20(11-14)27-4/h7-11,13,24H,5-6,12H2,1-4H3/p+1. The van der Waals surface area contributed by atoms with Gasteiger partial charge in [-0.1, -0.05) is 6.07 Å². The highest BCUT2D eigenvalue weighted by Gasteiger charge is 2.19. The molecule has 6 heteroatoms. The van der Waals surface area contributed by atoms with Crippen LogP contribution in [0.25, 0.3) is 22.1 Å². The van der Waals surface area contributed by atoms with Gasteiger partial charge in [0, 0.05) is 0 Å². The molecule has 1 aromatic heterocycles. The fourth-order valence-electron chi connectivity index (χ4n) is 3.37. The maximum absolute atomic E-state index is 13.2. The van der Waals surface area contributed by atoms with E-state index in [-0.39, 0.29) is 11.2 Å². The zero-order valence-electron chi connectivity index (χ0n) is 16.7. The van der Waals surface area contributed by atoms with Crippen LogP contribution in [0.4, 0.5) is 0 Å². The maximum atomic E-state index is 13.2. The summed E-state index contributed by atoms with van der Waals surface area (Å²) in [7, 11) is 3.11. The average Bonchev–Trinajstić information content (AvgIpc) is 2.73. The lowest BCUT2D eigenvalue weighted by Crippen LogP contribution is -3.10. The van der Waals surface area contributed by atoms with Crippen molar-refractivity contribution in [3.63, 3.8) is 0 Å². The second-order valence-corrected chi connectivity index (χ2v) is 6.62. The van der Waals surface area contributed by atoms with Gasteiger partial charge in [0.15, 0.2) is 11.5 Å². The van der Waals surface area contributed by atoms with E-state index in [1.54, 1.807) is 44.6 Å². The summed E-state index contributed by atoms with van der Waals surface area (Å²) in [5.74, 6) is 1.27. The number of rotatable bonds is 7. The number of hydrogen-bond donors (Lipinski definition) is 2. The largest absolute Gasteiger partial charge is 0.507 e. The Kier molecular flexibility index (Phi) is 5.90. The number of ether oxygens (including phenoxy) is 2. The number of benzene rings is 2. The molecule has 6 nitrogen and oxygen atoms in total. The number of hydrogen-bond acceptors (Lipinski definition) is 5. The average molecular weight is 384 g/mol. The minimum atomic E-state index is -0.149. The van der Waals surface area contributed by atoms with Crippen molar-refractivity contribution in [2.24, 2.45) is 0 Å². The molecule has 0 fully saturated rings. The van der Waals surface area contributed by atoms with E-state index in [0.29, 0.717) is 45.7 Å². The van der Waals surface area contributed by atoms with Crippen molar-refractivity contribution >= 4 is 11.0 Å². The summed E-state index contributed by atoms with van der Waals surface area (Å²) in [4.78, 5) is 14.4. The summed E-state index contributed by atoms with van der Waals surface area (Å²) in [6, 6.07) is 8.47. The smallest absolute Gasteiger partial charge is 0.200 e. The van der Waals surface area contributed by atoms with Gasteiger partial charge in [0.2, 0.25) is 5.43 Å². The third-order valence-corrected chi connectivity index (χ3v) is 5.14. The Morgan fingerprint density at radius 2 is 1.75 bits per heavy atom. The molecule has 3 rings (SSSR count). The Labute approximate surface area is 163 Å². The summed E-state index contributed by atoms with van der Waals surface area (Å²) in [6.45, 7) is 6.61. The van der Waals surface area contributed by atoms with Gasteiger partial charge in [0.1, 0.15) is 24.1 Å². The van der Waals surface area contributed by atoms with Gasteiger partial charge in [-0.15, -0.1) is 0 Å². The molecule has 0 amide bonds. The van der Waals surface area contributed by atoms with E-state index in [4.69, 9.17) is 13.9 Å². The van der Waals surface area contributed by atoms with E-state index in [1.165, 1.54) is 11.2 Å². The molecule has 0 bridgehead atoms. The summed E-state index contributed by atoms with van der Waals surface area (Å²) in [5, 5.41) is 10.8. The van der Waals surface area contributed by atoms with Gasteiger partial charge in [-0.05, 0) is 43.7 Å². The molecule has 2 aromatic carbocycles. The van der Waals surface area contributed by atoms with Crippen LogP contribution in [-0.4, -0.2) is 32.4 Å². The monoisotopic (exact) mass is 384 g/mol. The molecule has 0 saturated heterocycles. The van der Waals surface area contributed by atoms with Crippen molar-refractivity contribution in [2.45, 2.75) is 20.4 Å². The van der Waals surface area contributed by atoms with Crippen LogP contribution in [0.2, 0.25) is 0 Å². The molecule has 1 heterocycles. The van der Waals surface area contributed by atoms with Crippen molar-refractivity contribution in [2.75, 3.05) is 27.3 Å². The van der Waals surface area contributed by atoms with E-state index in [2.05, 4.69) is 13.8 Å². The van der Waals surface area contributed by atoms with Crippen LogP contribution in [0.1, 0.15) is 19.4 Å². The molecule has 0 aliphatic carbocycles. The molecule has 28 heavy (non-hydrogen) atoms. The summed E-state index contributed by atoms with van der Waals surface area (Å²) in [5.41, 5.74) is 2.06. The zero-order chi connectivity index (χ0) is 20.3. The molecule has 0 unspecified atom stereocenters. The molecule has 148 valence electrons. The van der Waals surface area contributed by atoms with E-state index in [9.17, 15) is 9.90 Å². The van der Waals surface area contributed by atoms with Crippen molar-refractivity contribution in [1.29, 1.82) is 0 Å². The minimum Gasteiger partial charge on any atom is -0.507 e. The van der Waals surface area contributed by atoms with Gasteiger partial charge in [-0.25, -0.2) is 0 Å². The van der Waals surface area contributed by atoms with Crippen LogP contribution in [0, 0.1) is 0 Å². The van der Waals surface area contributed by atoms with Crippen molar-refractivity contribution < 1.29 is 23.9 Å². The lowest BCUT2D eigenvalue weighted by Gasteiger charge is -2.17. The van der Waals surface area contributed by atoms with E-state index in [0.717, 1.165) is 13.1 Å². The van der Waals surface area contributed by atoms with Crippen LogP contribution in [0.15, 0.2) is 45.8 Å². The molecule has 2 N–H and O–H groups in total. The van der Waals surface area contributed by atoms with Crippen molar-refractivity contribution in [3.05, 3.63) is 52.4 Å². The zero-order valence-corrected chi connectivity index (χ0v) is 16.7. The fraction of sp³-hybridized carbons (Fsp3) is 0.318. The molecular formula is C22H26NO5+. The van der Waals surface area contributed by atoms with Crippen LogP contribution in [0.5, 0.6) is 17.2 Å². The Hall–Kier alpha value is -2.99. The highest BCUT2D eigenvalue weighted by molar-refractivity contribution is 5.85. The number of quaternary nitrogens is 1. The molecular weight excluding hydrogens is 358 g/mol. The SMILES string of the molecule is CC[NH+](CC)Cc1c(O)ccc2c(=O)c(-c3ccc(OC)c(OC)c3)coc12. The van der Waals surface area contributed by atoms with Crippen molar-refractivity contribution in [1.82, 2.24) is 0 Å². The first-order valence-electron chi connectivity index (χ1n) is 9.36. The van der Waals surface area contributed by atoms with Gasteiger partial charge in [0.25, 0.3) is 0 Å². The molecule has 0 saturated carbocycles. The predicted molar refractivity (Wildman–Crippen MR) is 108 cm³/mol. The van der Waals surface area contributed by atoms with Crippen LogP contribution in [-0.2, 0) is 6.54 Å². The Morgan fingerprint density at radius 1 is 1.04 bits per heavy atom. The van der Waals surface area contributed by atoms with Crippen LogP contribution in [0.3, 0.4) is 0 Å². The number of methoxy groups -OCH3 is 2. The summed E-state index contributed by atoms with van der Waals surface area (Å²) in [6.07, 6.45) is 1.45. The van der Waals surface area contributed by atoms with Gasteiger partial charge in [0.05, 0.1) is 43.8 Å². The summed E-state index contributed by atoms with van der Waals surface area (Å²) >= 11 is 0. The molecule has 0 radical (unpaired) electrons. The number of nitrogens with one attached hydrogen (secondary N) is 1. The van der Waals surface area contributed by atoms with Crippen LogP contribution >= 0.6 is 0 Å². The number of phenols is 1. The van der Waals surface area contributed by atoms with Gasteiger partial charge in [-0.2, -0.15) is 0 Å². The third kappa shape index (κ3) is 3.55. The minimum absolute atomic E-state index is 0.147. The Bertz CT molecular complexity index is 1040. The first kappa shape index (κ1) is 19.8. The number of fused-ring (bicyclic) bond motifs is 1. The Morgan fingerprint density at radius 3 is 2.39 bits per heavy atom. The fourth-order valence-corrected chi connectivity index (χ4v) is 3.37. The van der Waals surface area contributed by atoms with E-state index < -0.39 is 0 Å². The highest BCUT2D eigenvalue weighted by atomic mass is 16.5. The number of aromatic hydroxyl groups is 1. The van der Waals surface area contributed by atoms with E-state index in [1.807, 2.05) is 0 Å². The topological polar surface area (TPSA) is 73.3 Å². The van der Waals surface area contributed by atoms with E-state index >= 15 is 0 Å². The van der Waals surface area contributed by atoms with Gasteiger partial charge >= 0.3 is 0 Å². The number of phenolic OH excluding ortho intramolecular Hbond substituents is 1. The molecule has 0 aliphatic rings. The predicted octanol–water partition coefficient (Wildman–Crippen LogP) is 2.61. The second kappa shape index (κ2) is 8.35.